The summed E-state index contributed by atoms with van der Waals surface area (Å²) >= 11 is 0. The van der Waals surface area contributed by atoms with E-state index in [1.807, 2.05) is 17.0 Å². The molecule has 3 heterocycles. The minimum absolute atomic E-state index is 0.134. The van der Waals surface area contributed by atoms with Gasteiger partial charge in [0.25, 0.3) is 0 Å². The highest BCUT2D eigenvalue weighted by molar-refractivity contribution is 5.73. The summed E-state index contributed by atoms with van der Waals surface area (Å²) in [5, 5.41) is 11.2. The predicted molar refractivity (Wildman–Crippen MR) is 129 cm³/mol. The summed E-state index contributed by atoms with van der Waals surface area (Å²) in [6, 6.07) is 6.12. The van der Waals surface area contributed by atoms with Crippen molar-refractivity contribution in [3.05, 3.63) is 23.8 Å². The van der Waals surface area contributed by atoms with E-state index in [1.54, 1.807) is 14.0 Å². The van der Waals surface area contributed by atoms with Crippen molar-refractivity contribution in [3.8, 4) is 11.5 Å². The van der Waals surface area contributed by atoms with Crippen molar-refractivity contribution in [1.29, 1.82) is 0 Å². The molecule has 4 rings (SSSR count). The van der Waals surface area contributed by atoms with Crippen LogP contribution in [0.2, 0.25) is 0 Å². The maximum atomic E-state index is 11.5. The van der Waals surface area contributed by atoms with E-state index in [-0.39, 0.29) is 5.91 Å². The minimum atomic E-state index is -0.703. The van der Waals surface area contributed by atoms with Gasteiger partial charge in [-0.25, -0.2) is 0 Å². The van der Waals surface area contributed by atoms with E-state index in [4.69, 9.17) is 14.2 Å². The third-order valence-corrected chi connectivity index (χ3v) is 7.15. The van der Waals surface area contributed by atoms with Crippen LogP contribution < -0.4 is 9.47 Å². The molecule has 0 saturated carbocycles. The van der Waals surface area contributed by atoms with E-state index in [0.717, 1.165) is 95.6 Å². The van der Waals surface area contributed by atoms with E-state index >= 15 is 0 Å². The fourth-order valence-corrected chi connectivity index (χ4v) is 5.14. The number of β-amino-alcohol motifs (C(OH)–C–C–N with tert-alkyl or cyclic N) is 1. The van der Waals surface area contributed by atoms with E-state index in [2.05, 4.69) is 20.8 Å². The van der Waals surface area contributed by atoms with Gasteiger partial charge in [-0.3, -0.25) is 19.5 Å². The fourth-order valence-electron chi connectivity index (χ4n) is 5.14. The quantitative estimate of drug-likeness (QED) is 0.553. The van der Waals surface area contributed by atoms with Crippen molar-refractivity contribution in [3.63, 3.8) is 0 Å². The van der Waals surface area contributed by atoms with E-state index in [1.165, 1.54) is 0 Å². The highest BCUT2D eigenvalue weighted by Gasteiger charge is 2.38. The number of piperazine rings is 1. The molecule has 0 aromatic heterocycles. The number of morpholine rings is 1. The standard InChI is InChI=1S/C25H40N4O5/c1-21(30)29-9-7-27(8-10-29)19-25(31)5-6-28(20-25)18-22-3-4-23(24(17-22)32-2)34-16-13-26-11-14-33-15-12-26/h3-4,17,31H,5-16,18-20H2,1-2H3. The monoisotopic (exact) mass is 476 g/mol. The minimum Gasteiger partial charge on any atom is -0.493 e. The van der Waals surface area contributed by atoms with Crippen LogP contribution in [0, 0.1) is 0 Å². The number of hydrogen-bond acceptors (Lipinski definition) is 8. The Labute approximate surface area is 203 Å². The fraction of sp³-hybridized carbons (Fsp3) is 0.720. The van der Waals surface area contributed by atoms with E-state index in [9.17, 15) is 9.90 Å². The molecule has 3 aliphatic rings. The summed E-state index contributed by atoms with van der Waals surface area (Å²) in [5.74, 6) is 1.65. The highest BCUT2D eigenvalue weighted by atomic mass is 16.5. The first-order valence-electron chi connectivity index (χ1n) is 12.5. The average Bonchev–Trinajstić information content (AvgIpc) is 3.20. The molecule has 9 heteroatoms. The van der Waals surface area contributed by atoms with Gasteiger partial charge < -0.3 is 24.2 Å². The topological polar surface area (TPSA) is 78.0 Å². The first-order chi connectivity index (χ1) is 16.4. The van der Waals surface area contributed by atoms with Crippen molar-refractivity contribution in [2.45, 2.75) is 25.5 Å². The zero-order valence-corrected chi connectivity index (χ0v) is 20.7. The molecule has 34 heavy (non-hydrogen) atoms. The second kappa shape index (κ2) is 11.7. The van der Waals surface area contributed by atoms with Gasteiger partial charge >= 0.3 is 0 Å². The lowest BCUT2D eigenvalue weighted by atomic mass is 10.0. The van der Waals surface area contributed by atoms with Crippen molar-refractivity contribution >= 4 is 5.91 Å². The second-order valence-electron chi connectivity index (χ2n) is 9.75. The van der Waals surface area contributed by atoms with Gasteiger partial charge in [0.1, 0.15) is 6.61 Å². The molecule has 0 aliphatic carbocycles. The molecule has 190 valence electrons. The van der Waals surface area contributed by atoms with Gasteiger partial charge in [-0.2, -0.15) is 0 Å². The Kier molecular flexibility index (Phi) is 8.65. The van der Waals surface area contributed by atoms with Crippen molar-refractivity contribution in [2.24, 2.45) is 0 Å². The Bertz CT molecular complexity index is 810. The van der Waals surface area contributed by atoms with Gasteiger partial charge in [-0.05, 0) is 24.1 Å². The van der Waals surface area contributed by atoms with Crippen LogP contribution in [0.25, 0.3) is 0 Å². The van der Waals surface area contributed by atoms with Gasteiger partial charge in [0.05, 0.1) is 25.9 Å². The molecule has 3 saturated heterocycles. The molecule has 9 nitrogen and oxygen atoms in total. The first-order valence-corrected chi connectivity index (χ1v) is 12.5. The maximum absolute atomic E-state index is 11.5. The first kappa shape index (κ1) is 25.2. The summed E-state index contributed by atoms with van der Waals surface area (Å²) in [4.78, 5) is 20.4. The van der Waals surface area contributed by atoms with Crippen LogP contribution in [0.3, 0.4) is 0 Å². The summed E-state index contributed by atoms with van der Waals surface area (Å²) in [7, 11) is 1.68. The van der Waals surface area contributed by atoms with Crippen molar-refractivity contribution in [2.75, 3.05) is 92.4 Å². The summed E-state index contributed by atoms with van der Waals surface area (Å²) in [5.41, 5.74) is 0.446. The molecule has 1 atom stereocenters. The van der Waals surface area contributed by atoms with Crippen molar-refractivity contribution in [1.82, 2.24) is 19.6 Å². The van der Waals surface area contributed by atoms with Crippen LogP contribution in [0.15, 0.2) is 18.2 Å². The molecule has 1 aromatic carbocycles. The van der Waals surface area contributed by atoms with Gasteiger partial charge in [0, 0.05) is 78.9 Å². The number of nitrogens with zero attached hydrogens (tertiary/aromatic N) is 4. The molecule has 3 fully saturated rings. The number of aliphatic hydroxyl groups is 1. The van der Waals surface area contributed by atoms with Crippen LogP contribution >= 0.6 is 0 Å². The highest BCUT2D eigenvalue weighted by Crippen LogP contribution is 2.30. The molecule has 1 unspecified atom stereocenters. The molecule has 1 N–H and O–H groups in total. The molecule has 1 amide bonds. The van der Waals surface area contributed by atoms with Gasteiger partial charge in [0.15, 0.2) is 11.5 Å². The normalized spacial score (nSPS) is 25.0. The predicted octanol–water partition coefficient (Wildman–Crippen LogP) is 0.507. The lowest BCUT2D eigenvalue weighted by Gasteiger charge is -2.38. The summed E-state index contributed by atoms with van der Waals surface area (Å²) in [6.07, 6.45) is 0.764. The van der Waals surface area contributed by atoms with Gasteiger partial charge in [-0.1, -0.05) is 6.07 Å². The molecular weight excluding hydrogens is 436 g/mol. The lowest BCUT2D eigenvalue weighted by molar-refractivity contribution is -0.130. The molecular formula is C25H40N4O5. The number of amides is 1. The number of hydrogen-bond donors (Lipinski definition) is 1. The number of methoxy groups -OCH3 is 1. The molecule has 0 spiro atoms. The largest absolute Gasteiger partial charge is 0.493 e. The van der Waals surface area contributed by atoms with Crippen LogP contribution in [0.1, 0.15) is 18.9 Å². The van der Waals surface area contributed by atoms with Crippen LogP contribution in [-0.2, 0) is 16.1 Å². The van der Waals surface area contributed by atoms with Crippen LogP contribution in [0.4, 0.5) is 0 Å². The van der Waals surface area contributed by atoms with E-state index < -0.39 is 5.60 Å². The zero-order valence-electron chi connectivity index (χ0n) is 20.7. The van der Waals surface area contributed by atoms with Crippen molar-refractivity contribution < 1.29 is 24.1 Å². The number of carbonyl (C=O) groups excluding carboxylic acids is 1. The molecule has 3 aliphatic heterocycles. The van der Waals surface area contributed by atoms with Crippen LogP contribution in [0.5, 0.6) is 11.5 Å². The Morgan fingerprint density at radius 3 is 2.50 bits per heavy atom. The SMILES string of the molecule is COc1cc(CN2CCC(O)(CN3CCN(C(C)=O)CC3)C2)ccc1OCCN1CCOCC1. The third-order valence-electron chi connectivity index (χ3n) is 7.15. The Hall–Kier alpha value is -1.91. The lowest BCUT2D eigenvalue weighted by Crippen LogP contribution is -2.53. The van der Waals surface area contributed by atoms with Gasteiger partial charge in [0.2, 0.25) is 5.91 Å². The zero-order chi connectivity index (χ0) is 24.0. The van der Waals surface area contributed by atoms with Crippen LogP contribution in [-0.4, -0.2) is 129 Å². The molecule has 1 aromatic rings. The van der Waals surface area contributed by atoms with E-state index in [0.29, 0.717) is 19.7 Å². The Balaban J connectivity index is 1.24. The molecule has 0 radical (unpaired) electrons. The smallest absolute Gasteiger partial charge is 0.219 e. The molecule has 0 bridgehead atoms. The number of benzene rings is 1. The number of rotatable bonds is 9. The summed E-state index contributed by atoms with van der Waals surface area (Å²) in [6.45, 7) is 12.7. The average molecular weight is 477 g/mol. The number of carbonyl (C=O) groups is 1. The number of ether oxygens (including phenoxy) is 3. The maximum Gasteiger partial charge on any atom is 0.219 e. The number of likely N-dealkylation sites (tertiary alicyclic amines) is 1. The Morgan fingerprint density at radius 1 is 1.03 bits per heavy atom. The third kappa shape index (κ3) is 6.82. The van der Waals surface area contributed by atoms with Gasteiger partial charge in [-0.15, -0.1) is 0 Å². The summed E-state index contributed by atoms with van der Waals surface area (Å²) < 4.78 is 17.0. The Morgan fingerprint density at radius 2 is 1.79 bits per heavy atom. The second-order valence-corrected chi connectivity index (χ2v) is 9.75.